The van der Waals surface area contributed by atoms with Gasteiger partial charge in [-0.25, -0.2) is 8.42 Å². The minimum absolute atomic E-state index is 0.121. The van der Waals surface area contributed by atoms with Crippen molar-refractivity contribution in [3.05, 3.63) is 71.4 Å². The van der Waals surface area contributed by atoms with E-state index in [0.29, 0.717) is 23.5 Å². The van der Waals surface area contributed by atoms with E-state index < -0.39 is 10.0 Å². The Morgan fingerprint density at radius 3 is 2.52 bits per heavy atom. The fraction of sp³-hybridized carbons (Fsp3) is 0.261. The van der Waals surface area contributed by atoms with E-state index in [1.165, 1.54) is 4.31 Å². The summed E-state index contributed by atoms with van der Waals surface area (Å²) in [6.45, 7) is 1.03. The van der Waals surface area contributed by atoms with Gasteiger partial charge in [-0.2, -0.15) is 9.40 Å². The lowest BCUT2D eigenvalue weighted by molar-refractivity contribution is -0.117. The Morgan fingerprint density at radius 2 is 1.82 bits per heavy atom. The molecule has 0 saturated carbocycles. The van der Waals surface area contributed by atoms with Crippen LogP contribution in [0.4, 0.5) is 11.5 Å². The van der Waals surface area contributed by atoms with Crippen LogP contribution in [0.1, 0.15) is 29.7 Å². The molecule has 0 unspecified atom stereocenters. The van der Waals surface area contributed by atoms with E-state index in [1.54, 1.807) is 35.2 Å². The maximum absolute atomic E-state index is 12.9. The summed E-state index contributed by atoms with van der Waals surface area (Å²) in [6.07, 6.45) is 1.57. The minimum atomic E-state index is -3.64. The van der Waals surface area contributed by atoms with E-state index in [-0.39, 0.29) is 36.2 Å². The number of hydrogen-bond acceptors (Lipinski definition) is 5. The van der Waals surface area contributed by atoms with Crippen molar-refractivity contribution in [2.45, 2.75) is 37.2 Å². The number of hydrogen-bond donors (Lipinski definition) is 2. The number of H-pyrrole nitrogens is 1. The summed E-state index contributed by atoms with van der Waals surface area (Å²) in [5.74, 6) is 0.218. The number of rotatable bonds is 6. The van der Waals surface area contributed by atoms with Crippen molar-refractivity contribution in [2.75, 3.05) is 16.8 Å². The van der Waals surface area contributed by atoms with Crippen LogP contribution in [-0.4, -0.2) is 41.3 Å². The zero-order chi connectivity index (χ0) is 23.0. The van der Waals surface area contributed by atoms with Gasteiger partial charge in [0.15, 0.2) is 5.82 Å². The lowest BCUT2D eigenvalue weighted by Crippen LogP contribution is -2.26. The van der Waals surface area contributed by atoms with Crippen LogP contribution in [0, 0.1) is 0 Å². The van der Waals surface area contributed by atoms with Crippen LogP contribution in [-0.2, 0) is 39.1 Å². The highest BCUT2D eigenvalue weighted by Crippen LogP contribution is 2.31. The summed E-state index contributed by atoms with van der Waals surface area (Å²) < 4.78 is 27.2. The quantitative estimate of drug-likeness (QED) is 0.580. The van der Waals surface area contributed by atoms with Crippen LogP contribution in [0.15, 0.2) is 59.5 Å². The molecule has 1 fully saturated rings. The Hall–Kier alpha value is -3.50. The zero-order valence-electron chi connectivity index (χ0n) is 17.8. The predicted octanol–water partition coefficient (Wildman–Crippen LogP) is 2.42. The summed E-state index contributed by atoms with van der Waals surface area (Å²) in [4.78, 5) is 26.5. The molecule has 0 spiro atoms. The molecule has 2 aliphatic heterocycles. The SMILES string of the molecule is O=C(Cc1ccc(N2CCCC2=O)cc1)Nc1n[nH]c2c1CN(S(=O)(=O)c1ccccc1)C2. The van der Waals surface area contributed by atoms with Gasteiger partial charge < -0.3 is 10.2 Å². The van der Waals surface area contributed by atoms with Crippen LogP contribution in [0.5, 0.6) is 0 Å². The van der Waals surface area contributed by atoms with Crippen LogP contribution in [0.3, 0.4) is 0 Å². The molecule has 2 N–H and O–H groups in total. The lowest BCUT2D eigenvalue weighted by Gasteiger charge is -2.16. The summed E-state index contributed by atoms with van der Waals surface area (Å²) in [7, 11) is -3.64. The van der Waals surface area contributed by atoms with Crippen molar-refractivity contribution >= 4 is 33.3 Å². The van der Waals surface area contributed by atoms with E-state index in [0.717, 1.165) is 24.2 Å². The Bertz CT molecular complexity index is 1300. The Balaban J connectivity index is 1.23. The molecule has 0 aliphatic carbocycles. The predicted molar refractivity (Wildman–Crippen MR) is 122 cm³/mol. The zero-order valence-corrected chi connectivity index (χ0v) is 18.6. The molecule has 0 atom stereocenters. The molecule has 5 rings (SSSR count). The monoisotopic (exact) mass is 465 g/mol. The third kappa shape index (κ3) is 4.14. The number of fused-ring (bicyclic) bond motifs is 1. The molecular formula is C23H23N5O4S. The van der Waals surface area contributed by atoms with Gasteiger partial charge >= 0.3 is 0 Å². The summed E-state index contributed by atoms with van der Waals surface area (Å²) >= 11 is 0. The van der Waals surface area contributed by atoms with Gasteiger partial charge in [-0.1, -0.05) is 30.3 Å². The molecule has 2 amide bonds. The van der Waals surface area contributed by atoms with Gasteiger partial charge in [0.05, 0.1) is 23.6 Å². The van der Waals surface area contributed by atoms with Crippen molar-refractivity contribution < 1.29 is 18.0 Å². The van der Waals surface area contributed by atoms with Crippen LogP contribution < -0.4 is 10.2 Å². The van der Waals surface area contributed by atoms with Crippen molar-refractivity contribution in [3.8, 4) is 0 Å². The van der Waals surface area contributed by atoms with E-state index in [9.17, 15) is 18.0 Å². The molecule has 1 aromatic heterocycles. The van der Waals surface area contributed by atoms with E-state index in [4.69, 9.17) is 0 Å². The molecule has 0 bridgehead atoms. The normalized spacial score (nSPS) is 16.2. The highest BCUT2D eigenvalue weighted by molar-refractivity contribution is 7.89. The highest BCUT2D eigenvalue weighted by Gasteiger charge is 2.34. The van der Waals surface area contributed by atoms with E-state index in [2.05, 4.69) is 15.5 Å². The van der Waals surface area contributed by atoms with Crippen LogP contribution in [0.2, 0.25) is 0 Å². The summed E-state index contributed by atoms with van der Waals surface area (Å²) in [5, 5.41) is 9.80. The minimum Gasteiger partial charge on any atom is -0.312 e. The maximum Gasteiger partial charge on any atom is 0.243 e. The third-order valence-corrected chi connectivity index (χ3v) is 7.75. The van der Waals surface area contributed by atoms with Gasteiger partial charge in [-0.05, 0) is 36.2 Å². The first kappa shape index (κ1) is 21.4. The second-order valence-electron chi connectivity index (χ2n) is 8.16. The number of sulfonamides is 1. The standard InChI is InChI=1S/C23H23N5O4S/c29-21(13-16-8-10-17(11-9-16)28-12-4-7-22(28)30)24-23-19-14-27(15-20(19)25-26-23)33(31,32)18-5-2-1-3-6-18/h1-3,5-6,8-11H,4,7,12-15H2,(H2,24,25,26,29). The molecule has 3 heterocycles. The van der Waals surface area contributed by atoms with E-state index >= 15 is 0 Å². The topological polar surface area (TPSA) is 115 Å². The molecule has 2 aliphatic rings. The molecule has 0 radical (unpaired) electrons. The second-order valence-corrected chi connectivity index (χ2v) is 10.1. The van der Waals surface area contributed by atoms with Crippen molar-refractivity contribution in [3.63, 3.8) is 0 Å². The fourth-order valence-electron chi connectivity index (χ4n) is 4.20. The molecule has 10 heteroatoms. The van der Waals surface area contributed by atoms with Crippen LogP contribution >= 0.6 is 0 Å². The number of nitrogens with zero attached hydrogens (tertiary/aromatic N) is 3. The maximum atomic E-state index is 12.9. The molecular weight excluding hydrogens is 442 g/mol. The molecule has 33 heavy (non-hydrogen) atoms. The average molecular weight is 466 g/mol. The fourth-order valence-corrected chi connectivity index (χ4v) is 5.60. The van der Waals surface area contributed by atoms with Crippen molar-refractivity contribution in [1.82, 2.24) is 14.5 Å². The Labute approximate surface area is 191 Å². The lowest BCUT2D eigenvalue weighted by atomic mass is 10.1. The number of aromatic amines is 1. The third-order valence-electron chi connectivity index (χ3n) is 5.95. The molecule has 1 saturated heterocycles. The van der Waals surface area contributed by atoms with Crippen LogP contribution in [0.25, 0.3) is 0 Å². The first-order valence-corrected chi connectivity index (χ1v) is 12.2. The second kappa shape index (κ2) is 8.45. The highest BCUT2D eigenvalue weighted by atomic mass is 32.2. The molecule has 170 valence electrons. The Kier molecular flexibility index (Phi) is 5.47. The number of benzene rings is 2. The largest absolute Gasteiger partial charge is 0.312 e. The first-order valence-electron chi connectivity index (χ1n) is 10.7. The van der Waals surface area contributed by atoms with Gasteiger partial charge in [0.2, 0.25) is 21.8 Å². The van der Waals surface area contributed by atoms with Gasteiger partial charge in [0.1, 0.15) is 0 Å². The summed E-state index contributed by atoms with van der Waals surface area (Å²) in [6, 6.07) is 15.6. The number of amides is 2. The van der Waals surface area contributed by atoms with Gasteiger partial charge in [0, 0.05) is 30.8 Å². The van der Waals surface area contributed by atoms with E-state index in [1.807, 2.05) is 24.3 Å². The van der Waals surface area contributed by atoms with Crippen molar-refractivity contribution in [1.29, 1.82) is 0 Å². The molecule has 9 nitrogen and oxygen atoms in total. The smallest absolute Gasteiger partial charge is 0.243 e. The Morgan fingerprint density at radius 1 is 1.06 bits per heavy atom. The first-order chi connectivity index (χ1) is 15.9. The van der Waals surface area contributed by atoms with Gasteiger partial charge in [-0.15, -0.1) is 0 Å². The average Bonchev–Trinajstić information content (AvgIpc) is 3.52. The van der Waals surface area contributed by atoms with Gasteiger partial charge in [0.25, 0.3) is 0 Å². The number of nitrogens with one attached hydrogen (secondary N) is 2. The number of carbonyl (C=O) groups excluding carboxylic acids is 2. The summed E-state index contributed by atoms with van der Waals surface area (Å²) in [5.41, 5.74) is 2.99. The number of aromatic nitrogens is 2. The number of anilines is 2. The molecule has 3 aromatic rings. The molecule has 2 aromatic carbocycles. The van der Waals surface area contributed by atoms with Gasteiger partial charge in [-0.3, -0.25) is 14.7 Å². The van der Waals surface area contributed by atoms with Crippen molar-refractivity contribution in [2.24, 2.45) is 0 Å². The number of carbonyl (C=O) groups is 2.